The molecule has 0 N–H and O–H groups in total. The molecule has 1 atom stereocenters. The quantitative estimate of drug-likeness (QED) is 0.228. The Bertz CT molecular complexity index is 270. The SMILES string of the molecule is CCCC=CC(C=CCCCCC)CC=CCCCCC. The minimum absolute atomic E-state index is 0.598. The Kier molecular flexibility index (Phi) is 16.6. The highest BCUT2D eigenvalue weighted by atomic mass is 14.0. The number of hydrogen-bond donors (Lipinski definition) is 0. The van der Waals surface area contributed by atoms with E-state index in [-0.39, 0.29) is 0 Å². The van der Waals surface area contributed by atoms with E-state index in [4.69, 9.17) is 0 Å². The molecule has 0 aliphatic carbocycles. The molecule has 0 saturated carbocycles. The summed E-state index contributed by atoms with van der Waals surface area (Å²) >= 11 is 0. The minimum Gasteiger partial charge on any atom is -0.0885 e. The van der Waals surface area contributed by atoms with Gasteiger partial charge in [0.25, 0.3) is 0 Å². The van der Waals surface area contributed by atoms with Gasteiger partial charge in [-0.25, -0.2) is 0 Å². The Balaban J connectivity index is 4.06. The average Bonchev–Trinajstić information content (AvgIpc) is 2.50. The van der Waals surface area contributed by atoms with Crippen molar-refractivity contribution in [1.29, 1.82) is 0 Å². The third-order valence-electron chi connectivity index (χ3n) is 3.75. The Labute approximate surface area is 134 Å². The fraction of sp³-hybridized carbons (Fsp3) is 0.714. The topological polar surface area (TPSA) is 0 Å². The van der Waals surface area contributed by atoms with Crippen LogP contribution in [0.5, 0.6) is 0 Å². The van der Waals surface area contributed by atoms with Gasteiger partial charge in [-0.1, -0.05) is 89.3 Å². The van der Waals surface area contributed by atoms with E-state index >= 15 is 0 Å². The summed E-state index contributed by atoms with van der Waals surface area (Å²) in [5.41, 5.74) is 0. The van der Waals surface area contributed by atoms with Crippen molar-refractivity contribution in [2.75, 3.05) is 0 Å². The molecule has 0 aliphatic rings. The number of allylic oxidation sites excluding steroid dienone is 6. The predicted molar refractivity (Wildman–Crippen MR) is 98.7 cm³/mol. The van der Waals surface area contributed by atoms with Crippen LogP contribution in [-0.2, 0) is 0 Å². The van der Waals surface area contributed by atoms with Crippen LogP contribution in [0, 0.1) is 5.92 Å². The zero-order chi connectivity index (χ0) is 15.6. The first-order valence-electron chi connectivity index (χ1n) is 9.33. The van der Waals surface area contributed by atoms with Crippen molar-refractivity contribution >= 4 is 0 Å². The molecule has 0 fully saturated rings. The highest BCUT2D eigenvalue weighted by molar-refractivity contribution is 5.04. The van der Waals surface area contributed by atoms with Crippen molar-refractivity contribution in [1.82, 2.24) is 0 Å². The molecule has 0 amide bonds. The van der Waals surface area contributed by atoms with Crippen LogP contribution in [0.15, 0.2) is 36.5 Å². The zero-order valence-electron chi connectivity index (χ0n) is 14.8. The normalized spacial score (nSPS) is 13.9. The van der Waals surface area contributed by atoms with E-state index in [0.717, 1.165) is 6.42 Å². The molecule has 0 heteroatoms. The van der Waals surface area contributed by atoms with Gasteiger partial charge in [0.2, 0.25) is 0 Å². The third-order valence-corrected chi connectivity index (χ3v) is 3.75. The van der Waals surface area contributed by atoms with Crippen LogP contribution in [0.3, 0.4) is 0 Å². The van der Waals surface area contributed by atoms with E-state index in [2.05, 4.69) is 57.2 Å². The first-order chi connectivity index (χ1) is 10.3. The third kappa shape index (κ3) is 15.4. The van der Waals surface area contributed by atoms with Gasteiger partial charge in [0, 0.05) is 0 Å². The second-order valence-corrected chi connectivity index (χ2v) is 6.01. The van der Waals surface area contributed by atoms with Gasteiger partial charge in [-0.3, -0.25) is 0 Å². The zero-order valence-corrected chi connectivity index (χ0v) is 14.8. The van der Waals surface area contributed by atoms with Crippen molar-refractivity contribution in [3.63, 3.8) is 0 Å². The molecule has 0 aliphatic heterocycles. The molecular formula is C21H38. The first-order valence-corrected chi connectivity index (χ1v) is 9.33. The maximum atomic E-state index is 2.41. The van der Waals surface area contributed by atoms with Crippen molar-refractivity contribution in [3.05, 3.63) is 36.5 Å². The van der Waals surface area contributed by atoms with E-state index in [1.54, 1.807) is 0 Å². The molecule has 0 bridgehead atoms. The van der Waals surface area contributed by atoms with Crippen molar-refractivity contribution in [2.45, 2.75) is 91.4 Å². The molecule has 0 heterocycles. The molecule has 0 radical (unpaired) electrons. The van der Waals surface area contributed by atoms with Gasteiger partial charge in [-0.2, -0.15) is 0 Å². The summed E-state index contributed by atoms with van der Waals surface area (Å²) in [4.78, 5) is 0. The monoisotopic (exact) mass is 290 g/mol. The van der Waals surface area contributed by atoms with Crippen LogP contribution < -0.4 is 0 Å². The Morgan fingerprint density at radius 3 is 1.71 bits per heavy atom. The van der Waals surface area contributed by atoms with Gasteiger partial charge < -0.3 is 0 Å². The van der Waals surface area contributed by atoms with Crippen LogP contribution in [-0.4, -0.2) is 0 Å². The Morgan fingerprint density at radius 2 is 1.14 bits per heavy atom. The van der Waals surface area contributed by atoms with Crippen LogP contribution in [0.25, 0.3) is 0 Å². The lowest BCUT2D eigenvalue weighted by molar-refractivity contribution is 0.720. The van der Waals surface area contributed by atoms with E-state index < -0.39 is 0 Å². The summed E-state index contributed by atoms with van der Waals surface area (Å²) in [7, 11) is 0. The van der Waals surface area contributed by atoms with E-state index in [0.29, 0.717) is 5.92 Å². The first kappa shape index (κ1) is 20.2. The molecule has 21 heavy (non-hydrogen) atoms. The summed E-state index contributed by atoms with van der Waals surface area (Å²) in [6, 6.07) is 0. The van der Waals surface area contributed by atoms with Crippen molar-refractivity contribution < 1.29 is 0 Å². The maximum absolute atomic E-state index is 2.41. The van der Waals surface area contributed by atoms with Gasteiger partial charge in [-0.15, -0.1) is 0 Å². The fourth-order valence-electron chi connectivity index (χ4n) is 2.33. The predicted octanol–water partition coefficient (Wildman–Crippen LogP) is 7.62. The second kappa shape index (κ2) is 17.3. The van der Waals surface area contributed by atoms with E-state index in [9.17, 15) is 0 Å². The molecule has 0 nitrogen and oxygen atoms in total. The summed E-state index contributed by atoms with van der Waals surface area (Å²) in [6.45, 7) is 6.78. The number of hydrogen-bond acceptors (Lipinski definition) is 0. The lowest BCUT2D eigenvalue weighted by Gasteiger charge is -2.04. The highest BCUT2D eigenvalue weighted by Gasteiger charge is 1.96. The number of unbranched alkanes of at least 4 members (excludes halogenated alkanes) is 7. The van der Waals surface area contributed by atoms with Crippen molar-refractivity contribution in [3.8, 4) is 0 Å². The van der Waals surface area contributed by atoms with E-state index in [1.165, 1.54) is 64.2 Å². The lowest BCUT2D eigenvalue weighted by Crippen LogP contribution is -1.89. The molecule has 0 aromatic rings. The second-order valence-electron chi connectivity index (χ2n) is 6.01. The minimum atomic E-state index is 0.598. The molecule has 0 spiro atoms. The van der Waals surface area contributed by atoms with Gasteiger partial charge in [-0.05, 0) is 44.4 Å². The van der Waals surface area contributed by atoms with Gasteiger partial charge in [0.15, 0.2) is 0 Å². The average molecular weight is 291 g/mol. The summed E-state index contributed by atoms with van der Waals surface area (Å²) < 4.78 is 0. The van der Waals surface area contributed by atoms with Gasteiger partial charge >= 0.3 is 0 Å². The van der Waals surface area contributed by atoms with Crippen molar-refractivity contribution in [2.24, 2.45) is 5.92 Å². The molecule has 0 rings (SSSR count). The van der Waals surface area contributed by atoms with Gasteiger partial charge in [0.05, 0.1) is 0 Å². The van der Waals surface area contributed by atoms with Crippen LogP contribution in [0.4, 0.5) is 0 Å². The van der Waals surface area contributed by atoms with Gasteiger partial charge in [0.1, 0.15) is 0 Å². The van der Waals surface area contributed by atoms with E-state index in [1.807, 2.05) is 0 Å². The maximum Gasteiger partial charge on any atom is -0.00190 e. The lowest BCUT2D eigenvalue weighted by atomic mass is 10.0. The highest BCUT2D eigenvalue weighted by Crippen LogP contribution is 2.12. The largest absolute Gasteiger partial charge is 0.0885 e. The molecule has 122 valence electrons. The summed E-state index contributed by atoms with van der Waals surface area (Å²) in [6.07, 6.45) is 28.5. The molecule has 0 saturated heterocycles. The summed E-state index contributed by atoms with van der Waals surface area (Å²) in [5, 5.41) is 0. The van der Waals surface area contributed by atoms with Crippen LogP contribution in [0.2, 0.25) is 0 Å². The number of rotatable bonds is 14. The smallest absolute Gasteiger partial charge is 0.00190 e. The Morgan fingerprint density at radius 1 is 0.571 bits per heavy atom. The summed E-state index contributed by atoms with van der Waals surface area (Å²) in [5.74, 6) is 0.598. The van der Waals surface area contributed by atoms with Crippen LogP contribution in [0.1, 0.15) is 91.4 Å². The van der Waals surface area contributed by atoms with Crippen LogP contribution >= 0.6 is 0 Å². The molecule has 0 aromatic carbocycles. The molecule has 1 unspecified atom stereocenters. The standard InChI is InChI=1S/C21H38/c1-4-7-10-12-14-17-20-21(18-15-9-6-3)19-16-13-11-8-5-2/h14-19,21H,4-13,20H2,1-3H3. The molecule has 0 aromatic heterocycles. The fourth-order valence-corrected chi connectivity index (χ4v) is 2.33. The Hall–Kier alpha value is -0.780. The molecular weight excluding hydrogens is 252 g/mol.